The minimum absolute atomic E-state index is 0.228. The Morgan fingerprint density at radius 3 is 2.79 bits per heavy atom. The van der Waals surface area contributed by atoms with Gasteiger partial charge in [-0.3, -0.25) is 14.3 Å². The summed E-state index contributed by atoms with van der Waals surface area (Å²) in [5, 5.41) is 9.97. The molecule has 2 amide bonds. The maximum atomic E-state index is 12.8. The van der Waals surface area contributed by atoms with Crippen molar-refractivity contribution < 1.29 is 9.59 Å². The van der Waals surface area contributed by atoms with Gasteiger partial charge >= 0.3 is 0 Å². The minimum Gasteiger partial charge on any atom is -0.348 e. The highest BCUT2D eigenvalue weighted by atomic mass is 32.2. The van der Waals surface area contributed by atoms with E-state index in [1.807, 2.05) is 45.2 Å². The van der Waals surface area contributed by atoms with E-state index in [0.717, 1.165) is 21.8 Å². The first-order valence-electron chi connectivity index (χ1n) is 7.72. The Morgan fingerprint density at radius 2 is 2.12 bits per heavy atom. The molecule has 0 fully saturated rings. The topological polar surface area (TPSA) is 76.0 Å². The van der Waals surface area contributed by atoms with Gasteiger partial charge in [0.05, 0.1) is 17.9 Å². The quantitative estimate of drug-likeness (QED) is 0.839. The van der Waals surface area contributed by atoms with Crippen LogP contribution in [0.25, 0.3) is 0 Å². The summed E-state index contributed by atoms with van der Waals surface area (Å²) in [7, 11) is 1.86. The van der Waals surface area contributed by atoms with Crippen molar-refractivity contribution in [2.24, 2.45) is 7.05 Å². The first-order valence-corrected chi connectivity index (χ1v) is 8.53. The van der Waals surface area contributed by atoms with Crippen LogP contribution in [0.5, 0.6) is 0 Å². The molecule has 7 heteroatoms. The molecule has 1 aromatic carbocycles. The van der Waals surface area contributed by atoms with E-state index in [4.69, 9.17) is 0 Å². The number of aromatic nitrogens is 2. The smallest absolute Gasteiger partial charge is 0.250 e. The Balaban J connectivity index is 1.81. The van der Waals surface area contributed by atoms with Gasteiger partial charge in [-0.05, 0) is 32.9 Å². The third-order valence-corrected chi connectivity index (χ3v) is 5.76. The third kappa shape index (κ3) is 2.69. The van der Waals surface area contributed by atoms with Crippen LogP contribution in [-0.2, 0) is 16.6 Å². The maximum Gasteiger partial charge on any atom is 0.250 e. The molecule has 2 heterocycles. The zero-order valence-corrected chi connectivity index (χ0v) is 14.9. The van der Waals surface area contributed by atoms with Gasteiger partial charge in [-0.15, -0.1) is 0 Å². The van der Waals surface area contributed by atoms with Crippen LogP contribution >= 0.6 is 11.8 Å². The molecule has 1 aliphatic rings. The van der Waals surface area contributed by atoms with E-state index in [1.165, 1.54) is 11.8 Å². The van der Waals surface area contributed by atoms with Crippen molar-refractivity contribution in [3.63, 3.8) is 0 Å². The molecule has 0 radical (unpaired) electrons. The number of fused-ring (bicyclic) bond motifs is 1. The lowest BCUT2D eigenvalue weighted by Crippen LogP contribution is -2.52. The zero-order chi connectivity index (χ0) is 17.5. The summed E-state index contributed by atoms with van der Waals surface area (Å²) in [5.41, 5.74) is 2.67. The number of hydrogen-bond donors (Lipinski definition) is 2. The van der Waals surface area contributed by atoms with Gasteiger partial charge < -0.3 is 10.6 Å². The lowest BCUT2D eigenvalue weighted by atomic mass is 10.1. The molecule has 0 saturated heterocycles. The lowest BCUT2D eigenvalue weighted by molar-refractivity contribution is -0.130. The molecule has 2 N–H and O–H groups in total. The standard InChI is InChI=1S/C17H20N4O2S/c1-10(12-9-18-21(4)11(12)2)19-15(22)17(3)16(23)20-13-7-5-6-8-14(13)24-17/h5-10H,1-4H3,(H,19,22)(H,20,23). The molecule has 2 atom stereocenters. The normalized spacial score (nSPS) is 20.9. The molecule has 6 nitrogen and oxygen atoms in total. The van der Waals surface area contributed by atoms with E-state index in [2.05, 4.69) is 15.7 Å². The van der Waals surface area contributed by atoms with Crippen molar-refractivity contribution in [2.45, 2.75) is 36.5 Å². The molecule has 0 spiro atoms. The number of rotatable bonds is 3. The molecule has 126 valence electrons. The number of para-hydroxylation sites is 1. The Bertz CT molecular complexity index is 817. The fraction of sp³-hybridized carbons (Fsp3) is 0.353. The molecule has 0 aliphatic carbocycles. The number of aryl methyl sites for hydroxylation is 1. The van der Waals surface area contributed by atoms with Crippen molar-refractivity contribution in [2.75, 3.05) is 5.32 Å². The lowest BCUT2D eigenvalue weighted by Gasteiger charge is -2.32. The van der Waals surface area contributed by atoms with Gasteiger partial charge in [-0.25, -0.2) is 0 Å². The van der Waals surface area contributed by atoms with Crippen LogP contribution in [-0.4, -0.2) is 26.3 Å². The van der Waals surface area contributed by atoms with Crippen molar-refractivity contribution in [1.82, 2.24) is 15.1 Å². The highest BCUT2D eigenvalue weighted by Crippen LogP contribution is 2.42. The molecule has 2 unspecified atom stereocenters. The fourth-order valence-corrected chi connectivity index (χ4v) is 3.78. The van der Waals surface area contributed by atoms with E-state index < -0.39 is 4.75 Å². The van der Waals surface area contributed by atoms with Crippen molar-refractivity contribution >= 4 is 29.3 Å². The number of thioether (sulfide) groups is 1. The number of anilines is 1. The molecular formula is C17H20N4O2S. The summed E-state index contributed by atoms with van der Waals surface area (Å²) in [4.78, 5) is 26.2. The molecule has 1 aliphatic heterocycles. The van der Waals surface area contributed by atoms with Gasteiger partial charge in [-0.2, -0.15) is 5.10 Å². The number of carbonyl (C=O) groups is 2. The molecule has 1 aromatic heterocycles. The summed E-state index contributed by atoms with van der Waals surface area (Å²) in [6.07, 6.45) is 1.74. The molecule has 0 saturated carbocycles. The Labute approximate surface area is 145 Å². The van der Waals surface area contributed by atoms with Gasteiger partial charge in [0.1, 0.15) is 0 Å². The predicted molar refractivity (Wildman–Crippen MR) is 93.8 cm³/mol. The summed E-state index contributed by atoms with van der Waals surface area (Å²) in [6, 6.07) is 7.26. The summed E-state index contributed by atoms with van der Waals surface area (Å²) in [6.45, 7) is 5.50. The highest BCUT2D eigenvalue weighted by molar-refractivity contribution is 8.02. The summed E-state index contributed by atoms with van der Waals surface area (Å²) >= 11 is 1.28. The third-order valence-electron chi connectivity index (χ3n) is 4.40. The number of carbonyl (C=O) groups excluding carboxylic acids is 2. The molecule has 3 rings (SSSR count). The van der Waals surface area contributed by atoms with Crippen LogP contribution < -0.4 is 10.6 Å². The summed E-state index contributed by atoms with van der Waals surface area (Å²) in [5.74, 6) is -0.617. The fourth-order valence-electron chi connectivity index (χ4n) is 2.67. The second-order valence-corrected chi connectivity index (χ2v) is 7.55. The molecular weight excluding hydrogens is 324 g/mol. The number of hydrogen-bond acceptors (Lipinski definition) is 4. The van der Waals surface area contributed by atoms with Crippen LogP contribution in [0.15, 0.2) is 35.4 Å². The Kier molecular flexibility index (Phi) is 4.13. The summed E-state index contributed by atoms with van der Waals surface area (Å²) < 4.78 is 0.552. The Hall–Kier alpha value is -2.28. The van der Waals surface area contributed by atoms with Gasteiger partial charge in [0, 0.05) is 23.2 Å². The monoisotopic (exact) mass is 344 g/mol. The second kappa shape index (κ2) is 5.98. The van der Waals surface area contributed by atoms with E-state index in [-0.39, 0.29) is 17.9 Å². The van der Waals surface area contributed by atoms with Gasteiger partial charge in [-0.1, -0.05) is 23.9 Å². The highest BCUT2D eigenvalue weighted by Gasteiger charge is 2.46. The number of nitrogens with zero attached hydrogens (tertiary/aromatic N) is 2. The largest absolute Gasteiger partial charge is 0.348 e. The van der Waals surface area contributed by atoms with E-state index in [0.29, 0.717) is 0 Å². The Morgan fingerprint density at radius 1 is 1.42 bits per heavy atom. The van der Waals surface area contributed by atoms with E-state index >= 15 is 0 Å². The number of amides is 2. The zero-order valence-electron chi connectivity index (χ0n) is 14.1. The van der Waals surface area contributed by atoms with E-state index in [9.17, 15) is 9.59 Å². The molecule has 2 aromatic rings. The predicted octanol–water partition coefficient (Wildman–Crippen LogP) is 2.41. The van der Waals surface area contributed by atoms with Gasteiger partial charge in [0.25, 0.3) is 0 Å². The van der Waals surface area contributed by atoms with Crippen LogP contribution in [0.3, 0.4) is 0 Å². The van der Waals surface area contributed by atoms with Crippen LogP contribution in [0, 0.1) is 6.92 Å². The average molecular weight is 344 g/mol. The first-order chi connectivity index (χ1) is 11.3. The van der Waals surface area contributed by atoms with Gasteiger partial charge in [0.15, 0.2) is 4.75 Å². The SMILES string of the molecule is Cc1c(C(C)NC(=O)C2(C)Sc3ccccc3NC2=O)cnn1C. The minimum atomic E-state index is -1.21. The van der Waals surface area contributed by atoms with Gasteiger partial charge in [0.2, 0.25) is 11.8 Å². The first kappa shape index (κ1) is 16.6. The van der Waals surface area contributed by atoms with Crippen molar-refractivity contribution in [1.29, 1.82) is 0 Å². The average Bonchev–Trinajstić information content (AvgIpc) is 2.88. The van der Waals surface area contributed by atoms with Crippen molar-refractivity contribution in [3.8, 4) is 0 Å². The van der Waals surface area contributed by atoms with Crippen molar-refractivity contribution in [3.05, 3.63) is 41.7 Å². The number of nitrogens with one attached hydrogen (secondary N) is 2. The second-order valence-electron chi connectivity index (χ2n) is 6.09. The molecule has 0 bridgehead atoms. The van der Waals surface area contributed by atoms with E-state index in [1.54, 1.807) is 17.8 Å². The number of benzene rings is 1. The van der Waals surface area contributed by atoms with Crippen LogP contribution in [0.1, 0.15) is 31.1 Å². The molecule has 24 heavy (non-hydrogen) atoms. The van der Waals surface area contributed by atoms with Crippen LogP contribution in [0.4, 0.5) is 5.69 Å². The maximum absolute atomic E-state index is 12.8. The van der Waals surface area contributed by atoms with Crippen LogP contribution in [0.2, 0.25) is 0 Å².